The highest BCUT2D eigenvalue weighted by atomic mass is 32.1. The van der Waals surface area contributed by atoms with E-state index >= 15 is 0 Å². The molecule has 0 atom stereocenters. The molecule has 8 heteroatoms. The number of anilines is 1. The lowest BCUT2D eigenvalue weighted by molar-refractivity contribution is 0.0376. The number of hydrogen-bond acceptors (Lipinski definition) is 7. The standard InChI is InChI=1S/C25H27N3O4S/c1-2-31-20-9-5-10-22-23(20)26-25(33-22)28(12-6-11-27-13-15-30-16-14-27)24(29)21-17-18-7-3-4-8-19(18)32-21/h3-5,7-10,17H,2,6,11-16H2,1H3. The Balaban J connectivity index is 1.44. The number of ether oxygens (including phenoxy) is 2. The minimum Gasteiger partial charge on any atom is -0.492 e. The van der Waals surface area contributed by atoms with Gasteiger partial charge < -0.3 is 13.9 Å². The molecule has 7 nitrogen and oxygen atoms in total. The number of thiazole rings is 1. The summed E-state index contributed by atoms with van der Waals surface area (Å²) in [5, 5.41) is 1.57. The molecule has 0 aliphatic carbocycles. The lowest BCUT2D eigenvalue weighted by Crippen LogP contribution is -2.39. The van der Waals surface area contributed by atoms with Gasteiger partial charge in [0.15, 0.2) is 10.9 Å². The zero-order valence-corrected chi connectivity index (χ0v) is 19.5. The average Bonchev–Trinajstić information content (AvgIpc) is 3.47. The molecule has 1 fully saturated rings. The van der Waals surface area contributed by atoms with Crippen molar-refractivity contribution in [1.29, 1.82) is 0 Å². The van der Waals surface area contributed by atoms with Crippen LogP contribution in [0, 0.1) is 0 Å². The first kappa shape index (κ1) is 21.9. The van der Waals surface area contributed by atoms with Gasteiger partial charge in [0.05, 0.1) is 24.5 Å². The molecule has 0 bridgehead atoms. The van der Waals surface area contributed by atoms with Crippen molar-refractivity contribution in [3.05, 3.63) is 54.3 Å². The zero-order chi connectivity index (χ0) is 22.6. The summed E-state index contributed by atoms with van der Waals surface area (Å²) in [7, 11) is 0. The minimum atomic E-state index is -0.176. The molecule has 5 rings (SSSR count). The van der Waals surface area contributed by atoms with Gasteiger partial charge in [-0.25, -0.2) is 4.98 Å². The number of benzene rings is 2. The first-order valence-corrected chi connectivity index (χ1v) is 12.2. The van der Waals surface area contributed by atoms with E-state index in [4.69, 9.17) is 18.9 Å². The van der Waals surface area contributed by atoms with Crippen LogP contribution in [0.25, 0.3) is 21.2 Å². The van der Waals surface area contributed by atoms with E-state index in [1.807, 2.05) is 55.5 Å². The molecule has 0 saturated carbocycles. The fourth-order valence-electron chi connectivity index (χ4n) is 4.08. The maximum absolute atomic E-state index is 13.6. The second kappa shape index (κ2) is 9.91. The van der Waals surface area contributed by atoms with E-state index in [-0.39, 0.29) is 5.91 Å². The van der Waals surface area contributed by atoms with E-state index in [9.17, 15) is 4.79 Å². The second-order valence-electron chi connectivity index (χ2n) is 7.95. The Hall–Kier alpha value is -2.94. The molecule has 0 unspecified atom stereocenters. The van der Waals surface area contributed by atoms with Crippen LogP contribution in [0.2, 0.25) is 0 Å². The predicted molar refractivity (Wildman–Crippen MR) is 131 cm³/mol. The number of para-hydroxylation sites is 2. The fraction of sp³-hybridized carbons (Fsp3) is 0.360. The summed E-state index contributed by atoms with van der Waals surface area (Å²) < 4.78 is 18.1. The quantitative estimate of drug-likeness (QED) is 0.372. The highest BCUT2D eigenvalue weighted by molar-refractivity contribution is 7.22. The number of furan rings is 1. The van der Waals surface area contributed by atoms with E-state index < -0.39 is 0 Å². The van der Waals surface area contributed by atoms with Crippen molar-refractivity contribution in [3.63, 3.8) is 0 Å². The average molecular weight is 466 g/mol. The number of rotatable bonds is 8. The van der Waals surface area contributed by atoms with Crippen LogP contribution in [-0.4, -0.2) is 61.8 Å². The molecule has 2 aromatic heterocycles. The Morgan fingerprint density at radius 2 is 2.03 bits per heavy atom. The second-order valence-corrected chi connectivity index (χ2v) is 8.95. The largest absolute Gasteiger partial charge is 0.492 e. The van der Waals surface area contributed by atoms with Crippen molar-refractivity contribution in [1.82, 2.24) is 9.88 Å². The summed E-state index contributed by atoms with van der Waals surface area (Å²) in [5.74, 6) is 0.888. The lowest BCUT2D eigenvalue weighted by atomic mass is 10.2. The SMILES string of the molecule is CCOc1cccc2sc(N(CCCN3CCOCC3)C(=O)c3cc4ccccc4o3)nc12. The predicted octanol–water partition coefficient (Wildman–Crippen LogP) is 4.81. The third-order valence-corrected chi connectivity index (χ3v) is 6.79. The monoisotopic (exact) mass is 465 g/mol. The van der Waals surface area contributed by atoms with Gasteiger partial charge in [0.1, 0.15) is 16.8 Å². The molecular formula is C25H27N3O4S. The van der Waals surface area contributed by atoms with Crippen LogP contribution in [0.1, 0.15) is 23.9 Å². The van der Waals surface area contributed by atoms with Gasteiger partial charge in [-0.1, -0.05) is 35.6 Å². The molecule has 4 aromatic rings. The Kier molecular flexibility index (Phi) is 6.57. The number of nitrogens with zero attached hydrogens (tertiary/aromatic N) is 3. The van der Waals surface area contributed by atoms with E-state index in [2.05, 4.69) is 4.90 Å². The van der Waals surface area contributed by atoms with Crippen LogP contribution in [-0.2, 0) is 4.74 Å². The van der Waals surface area contributed by atoms with Crippen LogP contribution >= 0.6 is 11.3 Å². The normalized spacial score (nSPS) is 14.7. The number of hydrogen-bond donors (Lipinski definition) is 0. The molecule has 1 saturated heterocycles. The van der Waals surface area contributed by atoms with Crippen molar-refractivity contribution in [3.8, 4) is 5.75 Å². The van der Waals surface area contributed by atoms with Gasteiger partial charge in [0, 0.05) is 31.6 Å². The number of amides is 1. The Bertz CT molecular complexity index is 1210. The zero-order valence-electron chi connectivity index (χ0n) is 18.7. The van der Waals surface area contributed by atoms with Crippen molar-refractivity contribution < 1.29 is 18.7 Å². The molecule has 3 heterocycles. The molecule has 1 aliphatic heterocycles. The van der Waals surface area contributed by atoms with Gasteiger partial charge >= 0.3 is 0 Å². The van der Waals surface area contributed by atoms with E-state index in [1.54, 1.807) is 4.90 Å². The van der Waals surface area contributed by atoms with Gasteiger partial charge in [-0.05, 0) is 37.6 Å². The van der Waals surface area contributed by atoms with Gasteiger partial charge in [0.25, 0.3) is 5.91 Å². The molecule has 1 amide bonds. The molecule has 1 aliphatic rings. The third-order valence-electron chi connectivity index (χ3n) is 5.74. The van der Waals surface area contributed by atoms with Gasteiger partial charge in [-0.15, -0.1) is 0 Å². The smallest absolute Gasteiger partial charge is 0.295 e. The third kappa shape index (κ3) is 4.73. The Labute approximate surface area is 196 Å². The van der Waals surface area contributed by atoms with Crippen LogP contribution in [0.15, 0.2) is 52.9 Å². The van der Waals surface area contributed by atoms with Crippen molar-refractivity contribution in [2.24, 2.45) is 0 Å². The molecular weight excluding hydrogens is 438 g/mol. The number of morpholine rings is 1. The summed E-state index contributed by atoms with van der Waals surface area (Å²) in [6, 6.07) is 15.4. The molecule has 0 radical (unpaired) electrons. The van der Waals surface area contributed by atoms with Crippen molar-refractivity contribution in [2.45, 2.75) is 13.3 Å². The summed E-state index contributed by atoms with van der Waals surface area (Å²) >= 11 is 1.50. The summed E-state index contributed by atoms with van der Waals surface area (Å²) in [6.07, 6.45) is 0.834. The van der Waals surface area contributed by atoms with Crippen LogP contribution in [0.3, 0.4) is 0 Å². The van der Waals surface area contributed by atoms with Crippen molar-refractivity contribution >= 4 is 43.6 Å². The van der Waals surface area contributed by atoms with E-state index in [1.165, 1.54) is 11.3 Å². The number of carbonyl (C=O) groups is 1. The highest BCUT2D eigenvalue weighted by Gasteiger charge is 2.25. The Morgan fingerprint density at radius 1 is 1.18 bits per heavy atom. The lowest BCUT2D eigenvalue weighted by Gasteiger charge is -2.27. The summed E-state index contributed by atoms with van der Waals surface area (Å²) in [4.78, 5) is 22.6. The first-order valence-electron chi connectivity index (χ1n) is 11.4. The van der Waals surface area contributed by atoms with Gasteiger partial charge in [-0.3, -0.25) is 14.6 Å². The maximum Gasteiger partial charge on any atom is 0.295 e. The summed E-state index contributed by atoms with van der Waals surface area (Å²) in [6.45, 7) is 7.36. The van der Waals surface area contributed by atoms with Crippen molar-refractivity contribution in [2.75, 3.05) is 50.9 Å². The minimum absolute atomic E-state index is 0.176. The topological polar surface area (TPSA) is 68.0 Å². The van der Waals surface area contributed by atoms with E-state index in [0.29, 0.717) is 29.6 Å². The van der Waals surface area contributed by atoms with E-state index in [0.717, 1.165) is 60.6 Å². The first-order chi connectivity index (χ1) is 16.2. The number of fused-ring (bicyclic) bond motifs is 2. The van der Waals surface area contributed by atoms with Crippen LogP contribution in [0.5, 0.6) is 5.75 Å². The molecule has 0 spiro atoms. The molecule has 0 N–H and O–H groups in total. The molecule has 172 valence electrons. The maximum atomic E-state index is 13.6. The van der Waals surface area contributed by atoms with Gasteiger partial charge in [0.2, 0.25) is 0 Å². The van der Waals surface area contributed by atoms with Crippen LogP contribution < -0.4 is 9.64 Å². The Morgan fingerprint density at radius 3 is 2.85 bits per heavy atom. The van der Waals surface area contributed by atoms with Gasteiger partial charge in [-0.2, -0.15) is 0 Å². The number of carbonyl (C=O) groups excluding carboxylic acids is 1. The highest BCUT2D eigenvalue weighted by Crippen LogP contribution is 2.35. The summed E-state index contributed by atoms with van der Waals surface area (Å²) in [5.41, 5.74) is 1.49. The number of aromatic nitrogens is 1. The molecule has 2 aromatic carbocycles. The van der Waals surface area contributed by atoms with Crippen LogP contribution in [0.4, 0.5) is 5.13 Å². The molecule has 33 heavy (non-hydrogen) atoms. The fourth-order valence-corrected chi connectivity index (χ4v) is 5.09.